The van der Waals surface area contributed by atoms with Crippen LogP contribution in [0.15, 0.2) is 48.5 Å². The van der Waals surface area contributed by atoms with Crippen molar-refractivity contribution in [1.82, 2.24) is 9.44 Å². The quantitative estimate of drug-likeness (QED) is 0.375. The average molecular weight is 553 g/mol. The zero-order valence-corrected chi connectivity index (χ0v) is 23.8. The van der Waals surface area contributed by atoms with Crippen LogP contribution in [0.5, 0.6) is 0 Å². The molecule has 9 heteroatoms. The molecule has 0 spiro atoms. The maximum atomic E-state index is 13.0. The Kier molecular flexibility index (Phi) is 10.7. The third-order valence-electron chi connectivity index (χ3n) is 7.56. The van der Waals surface area contributed by atoms with Crippen molar-refractivity contribution in [3.05, 3.63) is 71.0 Å². The van der Waals surface area contributed by atoms with E-state index in [1.165, 1.54) is 17.7 Å². The molecule has 0 aliphatic heterocycles. The van der Waals surface area contributed by atoms with E-state index in [2.05, 4.69) is 40.6 Å². The normalized spacial score (nSPS) is 19.7. The molecule has 1 saturated carbocycles. The second-order valence-electron chi connectivity index (χ2n) is 10.6. The molecule has 1 unspecified atom stereocenters. The Hall–Kier alpha value is -1.81. The molecule has 0 saturated heterocycles. The minimum absolute atomic E-state index is 0.0253. The molecule has 1 aliphatic carbocycles. The van der Waals surface area contributed by atoms with Crippen LogP contribution >= 0.6 is 0 Å². The number of hydrogen-bond donors (Lipinski definition) is 2. The summed E-state index contributed by atoms with van der Waals surface area (Å²) in [5.41, 5.74) is 3.20. The molecule has 6 nitrogen and oxygen atoms in total. The third-order valence-corrected chi connectivity index (χ3v) is 10.8. The lowest BCUT2D eigenvalue weighted by Crippen LogP contribution is -2.36. The van der Waals surface area contributed by atoms with Crippen molar-refractivity contribution >= 4 is 20.0 Å². The van der Waals surface area contributed by atoms with E-state index in [-0.39, 0.29) is 11.6 Å². The highest BCUT2D eigenvalue weighted by atomic mass is 32.2. The van der Waals surface area contributed by atoms with Gasteiger partial charge in [-0.05, 0) is 98.9 Å². The van der Waals surface area contributed by atoms with Crippen LogP contribution in [-0.4, -0.2) is 40.9 Å². The Bertz CT molecular complexity index is 1190. The molecule has 37 heavy (non-hydrogen) atoms. The fraction of sp³-hybridized carbons (Fsp3) is 0.571. The molecule has 1 fully saturated rings. The Morgan fingerprint density at radius 1 is 0.811 bits per heavy atom. The molecule has 206 valence electrons. The van der Waals surface area contributed by atoms with Gasteiger partial charge in [0.05, 0.1) is 11.0 Å². The van der Waals surface area contributed by atoms with Gasteiger partial charge in [-0.2, -0.15) is 0 Å². The first-order valence-corrected chi connectivity index (χ1v) is 16.4. The van der Waals surface area contributed by atoms with Gasteiger partial charge in [0, 0.05) is 13.1 Å². The van der Waals surface area contributed by atoms with Gasteiger partial charge in [-0.25, -0.2) is 30.7 Å². The van der Waals surface area contributed by atoms with Crippen molar-refractivity contribution in [3.8, 4) is 0 Å². The fourth-order valence-corrected chi connectivity index (χ4v) is 6.78. The fourth-order valence-electron chi connectivity index (χ4n) is 4.89. The highest BCUT2D eigenvalue weighted by Crippen LogP contribution is 2.38. The summed E-state index contributed by atoms with van der Waals surface area (Å²) < 4.78 is 67.1. The van der Waals surface area contributed by atoms with Crippen molar-refractivity contribution in [2.75, 3.05) is 18.8 Å². The monoisotopic (exact) mass is 552 g/mol. The first-order valence-electron chi connectivity index (χ1n) is 13.2. The standard InChI is InChI=1S/C28H41FN2O4S2/c1-21(2)37(34,35)31-20-22(3)25-10-12-27(13-11-25)26-8-4-23(5-9-26)16-18-30-36(32,33)19-17-24-6-14-28(29)15-7-24/h4-9,14-15,21-22,25,27,30-31H,10-13,16-20H2,1-3H3. The maximum Gasteiger partial charge on any atom is 0.213 e. The van der Waals surface area contributed by atoms with Gasteiger partial charge in [0.25, 0.3) is 0 Å². The van der Waals surface area contributed by atoms with Crippen LogP contribution in [0.3, 0.4) is 0 Å². The SMILES string of the molecule is CC(CNS(=O)(=O)C(C)C)C1CCC(c2ccc(CCNS(=O)(=O)CCc3ccc(F)cc3)cc2)CC1. The molecule has 0 aromatic heterocycles. The zero-order chi connectivity index (χ0) is 27.1. The van der Waals surface area contributed by atoms with Crippen LogP contribution in [0.4, 0.5) is 4.39 Å². The van der Waals surface area contributed by atoms with Crippen LogP contribution in [0, 0.1) is 17.7 Å². The number of nitrogens with one attached hydrogen (secondary N) is 2. The first-order chi connectivity index (χ1) is 17.4. The van der Waals surface area contributed by atoms with Gasteiger partial charge >= 0.3 is 0 Å². The smallest absolute Gasteiger partial charge is 0.213 e. The number of halogens is 1. The molecule has 0 bridgehead atoms. The summed E-state index contributed by atoms with van der Waals surface area (Å²) in [7, 11) is -6.62. The Morgan fingerprint density at radius 2 is 1.38 bits per heavy atom. The molecule has 0 heterocycles. The highest BCUT2D eigenvalue weighted by molar-refractivity contribution is 7.90. The second kappa shape index (κ2) is 13.3. The summed E-state index contributed by atoms with van der Waals surface area (Å²) in [6.07, 6.45) is 5.34. The van der Waals surface area contributed by atoms with Crippen LogP contribution in [0.25, 0.3) is 0 Å². The van der Waals surface area contributed by atoms with E-state index < -0.39 is 25.3 Å². The maximum absolute atomic E-state index is 13.0. The summed E-state index contributed by atoms with van der Waals surface area (Å²) in [4.78, 5) is 0. The van der Waals surface area contributed by atoms with E-state index in [1.54, 1.807) is 26.0 Å². The van der Waals surface area contributed by atoms with Gasteiger partial charge in [-0.3, -0.25) is 0 Å². The molecule has 2 aromatic carbocycles. The van der Waals surface area contributed by atoms with E-state index in [1.807, 2.05) is 0 Å². The number of benzene rings is 2. The van der Waals surface area contributed by atoms with Crippen molar-refractivity contribution in [2.45, 2.75) is 70.5 Å². The number of sulfonamides is 2. The van der Waals surface area contributed by atoms with Crippen molar-refractivity contribution < 1.29 is 21.2 Å². The zero-order valence-electron chi connectivity index (χ0n) is 22.1. The van der Waals surface area contributed by atoms with Crippen molar-refractivity contribution in [2.24, 2.45) is 11.8 Å². The second-order valence-corrected chi connectivity index (χ2v) is 14.9. The average Bonchev–Trinajstić information content (AvgIpc) is 2.87. The first kappa shape index (κ1) is 29.7. The molecule has 2 aromatic rings. The van der Waals surface area contributed by atoms with Gasteiger partial charge in [-0.15, -0.1) is 0 Å². The van der Waals surface area contributed by atoms with E-state index >= 15 is 0 Å². The molecular weight excluding hydrogens is 511 g/mol. The molecule has 0 amide bonds. The highest BCUT2D eigenvalue weighted by Gasteiger charge is 2.27. The topological polar surface area (TPSA) is 92.3 Å². The van der Waals surface area contributed by atoms with Crippen molar-refractivity contribution in [1.29, 1.82) is 0 Å². The van der Waals surface area contributed by atoms with Gasteiger partial charge in [-0.1, -0.05) is 43.3 Å². The minimum Gasteiger partial charge on any atom is -0.215 e. The van der Waals surface area contributed by atoms with Gasteiger partial charge < -0.3 is 0 Å². The van der Waals surface area contributed by atoms with E-state index in [0.717, 1.165) is 36.8 Å². The number of rotatable bonds is 13. The van der Waals surface area contributed by atoms with Crippen LogP contribution in [-0.2, 0) is 32.9 Å². The summed E-state index contributed by atoms with van der Waals surface area (Å²) in [6.45, 7) is 6.37. The lowest BCUT2D eigenvalue weighted by atomic mass is 9.74. The van der Waals surface area contributed by atoms with Gasteiger partial charge in [0.1, 0.15) is 5.82 Å². The molecular formula is C28H41FN2O4S2. The summed E-state index contributed by atoms with van der Waals surface area (Å²) >= 11 is 0. The number of aryl methyl sites for hydroxylation is 1. The summed E-state index contributed by atoms with van der Waals surface area (Å²) in [5.74, 6) is 0.998. The molecule has 2 N–H and O–H groups in total. The van der Waals surface area contributed by atoms with Crippen LogP contribution in [0.2, 0.25) is 0 Å². The molecule has 1 aliphatic rings. The third kappa shape index (κ3) is 9.46. The predicted molar refractivity (Wildman–Crippen MR) is 148 cm³/mol. The van der Waals surface area contributed by atoms with E-state index in [0.29, 0.717) is 43.7 Å². The summed E-state index contributed by atoms with van der Waals surface area (Å²) in [5, 5.41) is -0.411. The lowest BCUT2D eigenvalue weighted by Gasteiger charge is -2.32. The van der Waals surface area contributed by atoms with Crippen LogP contribution < -0.4 is 9.44 Å². The van der Waals surface area contributed by atoms with E-state index in [4.69, 9.17) is 0 Å². The van der Waals surface area contributed by atoms with E-state index in [9.17, 15) is 21.2 Å². The summed E-state index contributed by atoms with van der Waals surface area (Å²) in [6, 6.07) is 14.4. The Labute approximate surface area is 222 Å². The van der Waals surface area contributed by atoms with Crippen molar-refractivity contribution in [3.63, 3.8) is 0 Å². The molecule has 1 atom stereocenters. The predicted octanol–water partition coefficient (Wildman–Crippen LogP) is 4.77. The van der Waals surface area contributed by atoms with Gasteiger partial charge in [0.15, 0.2) is 0 Å². The molecule has 0 radical (unpaired) electrons. The molecule has 3 rings (SSSR count). The number of hydrogen-bond acceptors (Lipinski definition) is 4. The van der Waals surface area contributed by atoms with Crippen LogP contribution in [0.1, 0.15) is 69.1 Å². The van der Waals surface area contributed by atoms with Gasteiger partial charge in [0.2, 0.25) is 20.0 Å². The Balaban J connectivity index is 1.39. The largest absolute Gasteiger partial charge is 0.215 e. The lowest BCUT2D eigenvalue weighted by molar-refractivity contribution is 0.246. The Morgan fingerprint density at radius 3 is 1.97 bits per heavy atom. The minimum atomic E-state index is -3.40.